The van der Waals surface area contributed by atoms with Crippen LogP contribution in [-0.2, 0) is 9.53 Å². The first-order chi connectivity index (χ1) is 16.3. The zero-order chi connectivity index (χ0) is 24.3. The van der Waals surface area contributed by atoms with Crippen molar-refractivity contribution in [2.24, 2.45) is 11.8 Å². The van der Waals surface area contributed by atoms with Gasteiger partial charge in [-0.2, -0.15) is 0 Å². The summed E-state index contributed by atoms with van der Waals surface area (Å²) < 4.78 is 39.8. The van der Waals surface area contributed by atoms with Crippen LogP contribution in [0.3, 0.4) is 0 Å². The summed E-state index contributed by atoms with van der Waals surface area (Å²) in [6.07, 6.45) is 10.0. The molecule has 34 heavy (non-hydrogen) atoms. The van der Waals surface area contributed by atoms with Crippen LogP contribution in [0.5, 0.6) is 5.75 Å². The lowest BCUT2D eigenvalue weighted by Gasteiger charge is -2.29. The van der Waals surface area contributed by atoms with Crippen LogP contribution in [0.4, 0.5) is 8.78 Å². The minimum absolute atomic E-state index is 0.159. The number of carbonyl (C=O) groups excluding carboxylic acids is 1. The van der Waals surface area contributed by atoms with Crippen LogP contribution in [0.1, 0.15) is 74.0 Å². The second-order valence-corrected chi connectivity index (χ2v) is 9.91. The van der Waals surface area contributed by atoms with E-state index in [0.29, 0.717) is 11.7 Å². The van der Waals surface area contributed by atoms with E-state index in [-0.39, 0.29) is 17.7 Å². The van der Waals surface area contributed by atoms with Crippen molar-refractivity contribution in [1.82, 2.24) is 0 Å². The maximum Gasteiger partial charge on any atom is 0.343 e. The Morgan fingerprint density at radius 3 is 2.44 bits per heavy atom. The molecule has 2 atom stereocenters. The summed E-state index contributed by atoms with van der Waals surface area (Å²) in [5.74, 6) is 0.0296. The fourth-order valence-corrected chi connectivity index (χ4v) is 5.47. The predicted octanol–water partition coefficient (Wildman–Crippen LogP) is 7.22. The maximum atomic E-state index is 15.5. The lowest BCUT2D eigenvalue weighted by atomic mass is 9.78. The van der Waals surface area contributed by atoms with Gasteiger partial charge in [-0.05, 0) is 98.1 Å². The lowest BCUT2D eigenvalue weighted by molar-refractivity contribution is -0.155. The Bertz CT molecular complexity index is 1030. The van der Waals surface area contributed by atoms with Gasteiger partial charge < -0.3 is 9.47 Å². The largest absolute Gasteiger partial charge is 0.497 e. The van der Waals surface area contributed by atoms with Crippen molar-refractivity contribution in [2.75, 3.05) is 14.2 Å². The normalized spacial score (nSPS) is 23.3. The van der Waals surface area contributed by atoms with E-state index in [1.54, 1.807) is 13.2 Å². The van der Waals surface area contributed by atoms with Gasteiger partial charge in [0.15, 0.2) is 0 Å². The molecular weight excluding hydrogens is 434 g/mol. The number of methoxy groups -OCH3 is 2. The molecule has 2 aliphatic rings. The van der Waals surface area contributed by atoms with Gasteiger partial charge in [-0.3, -0.25) is 0 Å². The zero-order valence-electron chi connectivity index (χ0n) is 20.2. The number of rotatable bonds is 8. The Morgan fingerprint density at radius 1 is 1.06 bits per heavy atom. The maximum absolute atomic E-state index is 15.5. The Balaban J connectivity index is 1.42. The number of hydrogen-bond acceptors (Lipinski definition) is 3. The van der Waals surface area contributed by atoms with Gasteiger partial charge in [0.1, 0.15) is 11.6 Å². The highest BCUT2D eigenvalue weighted by Crippen LogP contribution is 2.50. The van der Waals surface area contributed by atoms with Crippen molar-refractivity contribution in [3.05, 3.63) is 71.0 Å². The van der Waals surface area contributed by atoms with E-state index in [1.807, 2.05) is 30.3 Å². The first kappa shape index (κ1) is 24.4. The van der Waals surface area contributed by atoms with Crippen LogP contribution in [0.2, 0.25) is 0 Å². The summed E-state index contributed by atoms with van der Waals surface area (Å²) in [6, 6.07) is 12.8. The third-order valence-electron chi connectivity index (χ3n) is 7.51. The average molecular weight is 469 g/mol. The summed E-state index contributed by atoms with van der Waals surface area (Å²) in [5, 5.41) is 0. The van der Waals surface area contributed by atoms with E-state index < -0.39 is 17.6 Å². The van der Waals surface area contributed by atoms with Crippen LogP contribution in [0.25, 0.3) is 6.08 Å². The Hall–Kier alpha value is -2.69. The Labute approximate surface area is 201 Å². The van der Waals surface area contributed by atoms with Crippen LogP contribution >= 0.6 is 0 Å². The van der Waals surface area contributed by atoms with Crippen molar-refractivity contribution >= 4 is 12.0 Å². The molecule has 2 aromatic rings. The molecule has 0 heterocycles. The number of carbonyl (C=O) groups is 1. The molecule has 4 rings (SSSR count). The second kappa shape index (κ2) is 10.3. The van der Waals surface area contributed by atoms with Crippen molar-refractivity contribution in [1.29, 1.82) is 0 Å². The van der Waals surface area contributed by atoms with E-state index in [1.165, 1.54) is 20.1 Å². The number of halogens is 2. The highest BCUT2D eigenvalue weighted by molar-refractivity contribution is 5.80. The predicted molar refractivity (Wildman–Crippen MR) is 130 cm³/mol. The highest BCUT2D eigenvalue weighted by Gasteiger charge is 2.50. The molecule has 2 saturated carbocycles. The molecule has 0 N–H and O–H groups in total. The van der Waals surface area contributed by atoms with Crippen LogP contribution < -0.4 is 4.74 Å². The molecule has 0 radical (unpaired) electrons. The molecule has 0 aliphatic heterocycles. The summed E-state index contributed by atoms with van der Waals surface area (Å²) in [4.78, 5) is 12.1. The molecule has 1 unspecified atom stereocenters. The molecule has 5 heteroatoms. The number of benzene rings is 2. The Morgan fingerprint density at radius 2 is 1.79 bits per heavy atom. The molecule has 3 nitrogen and oxygen atoms in total. The average Bonchev–Trinajstić information content (AvgIpc) is 3.68. The summed E-state index contributed by atoms with van der Waals surface area (Å²) in [6.45, 7) is 1.34. The number of ether oxygens (including phenoxy) is 2. The topological polar surface area (TPSA) is 35.5 Å². The number of hydrogen-bond donors (Lipinski definition) is 0. The number of alkyl halides is 1. The molecule has 0 spiro atoms. The summed E-state index contributed by atoms with van der Waals surface area (Å²) in [7, 11) is 2.84. The summed E-state index contributed by atoms with van der Waals surface area (Å²) >= 11 is 0. The molecule has 0 aromatic heterocycles. The SMILES string of the molecule is COC(=O)C(C)(F)[C@H](c1cccc(/C=C/[C@H]2CC[C@H](c3cc(OC)ccc3F)CC2)c1)C1CC1. The molecule has 0 bridgehead atoms. The minimum Gasteiger partial charge on any atom is -0.497 e. The monoisotopic (exact) mass is 468 g/mol. The minimum atomic E-state index is -2.05. The van der Waals surface area contributed by atoms with Crippen LogP contribution in [0, 0.1) is 17.7 Å². The van der Waals surface area contributed by atoms with Crippen LogP contribution in [0.15, 0.2) is 48.5 Å². The van der Waals surface area contributed by atoms with Gasteiger partial charge in [0.2, 0.25) is 5.67 Å². The molecule has 0 amide bonds. The molecule has 2 aliphatic carbocycles. The van der Waals surface area contributed by atoms with Gasteiger partial charge in [0, 0.05) is 5.92 Å². The standard InChI is InChI=1S/C29H34F2O3/c1-29(31,28(32)34-3)27(22-13-14-22)23-6-4-5-20(17-23)8-7-19-9-11-21(12-10-19)25-18-24(33-2)15-16-26(25)30/h4-8,15-19,21-22,27H,9-14H2,1-3H3/b8-7+/t19-,21-,27-,29?/m0/s1. The highest BCUT2D eigenvalue weighted by atomic mass is 19.1. The molecule has 2 aromatic carbocycles. The fourth-order valence-electron chi connectivity index (χ4n) is 5.47. The summed E-state index contributed by atoms with van der Waals surface area (Å²) in [5.41, 5.74) is 0.550. The van der Waals surface area contributed by atoms with Gasteiger partial charge in [-0.25, -0.2) is 13.6 Å². The van der Waals surface area contributed by atoms with Gasteiger partial charge in [0.05, 0.1) is 14.2 Å². The fraction of sp³-hybridized carbons (Fsp3) is 0.483. The van der Waals surface area contributed by atoms with Gasteiger partial charge in [-0.1, -0.05) is 36.4 Å². The third-order valence-corrected chi connectivity index (χ3v) is 7.51. The molecule has 0 saturated heterocycles. The number of allylic oxidation sites excluding steroid dienone is 1. The van der Waals surface area contributed by atoms with Crippen molar-refractivity contribution in [2.45, 2.75) is 63.0 Å². The molecule has 2 fully saturated rings. The quantitative estimate of drug-likeness (QED) is 0.384. The first-order valence-electron chi connectivity index (χ1n) is 12.2. The second-order valence-electron chi connectivity index (χ2n) is 9.91. The Kier molecular flexibility index (Phi) is 7.39. The smallest absolute Gasteiger partial charge is 0.343 e. The van der Waals surface area contributed by atoms with Crippen molar-refractivity contribution < 1.29 is 23.0 Å². The van der Waals surface area contributed by atoms with Crippen molar-refractivity contribution in [3.63, 3.8) is 0 Å². The lowest BCUT2D eigenvalue weighted by Crippen LogP contribution is -2.39. The number of esters is 1. The van der Waals surface area contributed by atoms with E-state index in [2.05, 4.69) is 12.2 Å². The van der Waals surface area contributed by atoms with E-state index in [4.69, 9.17) is 9.47 Å². The van der Waals surface area contributed by atoms with Gasteiger partial charge in [-0.15, -0.1) is 0 Å². The molecular formula is C29H34F2O3. The van der Waals surface area contributed by atoms with Crippen molar-refractivity contribution in [3.8, 4) is 5.75 Å². The van der Waals surface area contributed by atoms with Crippen LogP contribution in [-0.4, -0.2) is 25.9 Å². The molecule has 182 valence electrons. The van der Waals surface area contributed by atoms with E-state index in [0.717, 1.165) is 55.2 Å². The van der Waals surface area contributed by atoms with Gasteiger partial charge in [0.25, 0.3) is 0 Å². The van der Waals surface area contributed by atoms with Gasteiger partial charge >= 0.3 is 5.97 Å². The zero-order valence-corrected chi connectivity index (χ0v) is 20.2. The first-order valence-corrected chi connectivity index (χ1v) is 12.2. The van der Waals surface area contributed by atoms with E-state index in [9.17, 15) is 9.18 Å². The third kappa shape index (κ3) is 5.34. The van der Waals surface area contributed by atoms with E-state index >= 15 is 4.39 Å².